The lowest BCUT2D eigenvalue weighted by molar-refractivity contribution is 0.0426. The Morgan fingerprint density at radius 3 is 2.57 bits per heavy atom. The third kappa shape index (κ3) is 4.20. The van der Waals surface area contributed by atoms with Crippen LogP contribution in [0.15, 0.2) is 24.3 Å². The number of hydrogen-bond acceptors (Lipinski definition) is 3. The van der Waals surface area contributed by atoms with E-state index in [0.717, 1.165) is 18.5 Å². The van der Waals surface area contributed by atoms with Crippen molar-refractivity contribution in [3.05, 3.63) is 35.4 Å². The van der Waals surface area contributed by atoms with Gasteiger partial charge in [-0.05, 0) is 24.1 Å². The Balaban J connectivity index is 2.03. The van der Waals surface area contributed by atoms with E-state index in [0.29, 0.717) is 38.4 Å². The van der Waals surface area contributed by atoms with Crippen LogP contribution in [0.25, 0.3) is 0 Å². The molecule has 0 unspecified atom stereocenters. The smallest absolute Gasteiger partial charge is 0.320 e. The van der Waals surface area contributed by atoms with Crippen molar-refractivity contribution in [3.8, 4) is 6.07 Å². The van der Waals surface area contributed by atoms with Crippen LogP contribution in [0.3, 0.4) is 0 Å². The molecular formula is C16H21N3O2. The molecule has 1 aliphatic rings. The maximum Gasteiger partial charge on any atom is 0.320 e. The number of benzene rings is 1. The minimum atomic E-state index is 0.0736. The number of urea groups is 1. The molecule has 112 valence electrons. The highest BCUT2D eigenvalue weighted by molar-refractivity contribution is 5.74. The molecule has 0 aliphatic carbocycles. The first kappa shape index (κ1) is 15.3. The Labute approximate surface area is 125 Å². The molecule has 0 radical (unpaired) electrons. The fraction of sp³-hybridized carbons (Fsp3) is 0.500. The van der Waals surface area contributed by atoms with E-state index in [1.807, 2.05) is 21.9 Å². The molecule has 0 saturated carbocycles. The van der Waals surface area contributed by atoms with Crippen LogP contribution in [0.5, 0.6) is 0 Å². The minimum absolute atomic E-state index is 0.0736. The number of morpholine rings is 1. The summed E-state index contributed by atoms with van der Waals surface area (Å²) in [7, 11) is 0. The third-order valence-corrected chi connectivity index (χ3v) is 3.50. The van der Waals surface area contributed by atoms with Crippen LogP contribution >= 0.6 is 0 Å². The second-order valence-corrected chi connectivity index (χ2v) is 5.11. The summed E-state index contributed by atoms with van der Waals surface area (Å²) >= 11 is 0. The Kier molecular flexibility index (Phi) is 5.59. The van der Waals surface area contributed by atoms with Gasteiger partial charge in [-0.15, -0.1) is 0 Å². The number of amides is 2. The molecule has 0 atom stereocenters. The minimum Gasteiger partial charge on any atom is -0.378 e. The average molecular weight is 287 g/mol. The Morgan fingerprint density at radius 2 is 2.00 bits per heavy atom. The van der Waals surface area contributed by atoms with Gasteiger partial charge in [-0.3, -0.25) is 0 Å². The summed E-state index contributed by atoms with van der Waals surface area (Å²) in [6.07, 6.45) is 0.923. The van der Waals surface area contributed by atoms with Gasteiger partial charge in [0.2, 0.25) is 0 Å². The summed E-state index contributed by atoms with van der Waals surface area (Å²) in [4.78, 5) is 16.3. The highest BCUT2D eigenvalue weighted by Crippen LogP contribution is 2.11. The highest BCUT2D eigenvalue weighted by atomic mass is 16.5. The van der Waals surface area contributed by atoms with Gasteiger partial charge in [0, 0.05) is 26.2 Å². The predicted molar refractivity (Wildman–Crippen MR) is 79.6 cm³/mol. The molecule has 0 aromatic heterocycles. The first-order valence-electron chi connectivity index (χ1n) is 7.35. The summed E-state index contributed by atoms with van der Waals surface area (Å²) in [6, 6.07) is 9.58. The van der Waals surface area contributed by atoms with E-state index in [1.165, 1.54) is 0 Å². The number of nitriles is 1. The number of carbonyl (C=O) groups excluding carboxylic acids is 1. The number of carbonyl (C=O) groups is 1. The lowest BCUT2D eigenvalue weighted by Gasteiger charge is -2.33. The van der Waals surface area contributed by atoms with Crippen LogP contribution in [0.4, 0.5) is 4.79 Å². The predicted octanol–water partition coefficient (Wildman–Crippen LogP) is 2.22. The fourth-order valence-electron chi connectivity index (χ4n) is 2.37. The first-order valence-corrected chi connectivity index (χ1v) is 7.35. The molecule has 0 N–H and O–H groups in total. The Bertz CT molecular complexity index is 501. The molecule has 1 fully saturated rings. The van der Waals surface area contributed by atoms with Gasteiger partial charge in [0.25, 0.3) is 0 Å². The van der Waals surface area contributed by atoms with Crippen LogP contribution in [0.2, 0.25) is 0 Å². The van der Waals surface area contributed by atoms with Crippen molar-refractivity contribution in [2.45, 2.75) is 19.9 Å². The lowest BCUT2D eigenvalue weighted by Crippen LogP contribution is -2.48. The van der Waals surface area contributed by atoms with E-state index in [1.54, 1.807) is 12.1 Å². The van der Waals surface area contributed by atoms with Gasteiger partial charge >= 0.3 is 6.03 Å². The fourth-order valence-corrected chi connectivity index (χ4v) is 2.37. The van der Waals surface area contributed by atoms with Crippen molar-refractivity contribution >= 4 is 6.03 Å². The first-order chi connectivity index (χ1) is 10.2. The monoisotopic (exact) mass is 287 g/mol. The Morgan fingerprint density at radius 1 is 1.33 bits per heavy atom. The van der Waals surface area contributed by atoms with Gasteiger partial charge in [-0.2, -0.15) is 5.26 Å². The maximum absolute atomic E-state index is 12.6. The number of nitrogens with zero attached hydrogens (tertiary/aromatic N) is 3. The van der Waals surface area contributed by atoms with Gasteiger partial charge in [0.1, 0.15) is 0 Å². The summed E-state index contributed by atoms with van der Waals surface area (Å²) in [5.41, 5.74) is 1.68. The van der Waals surface area contributed by atoms with E-state index in [2.05, 4.69) is 13.0 Å². The van der Waals surface area contributed by atoms with Crippen LogP contribution < -0.4 is 0 Å². The van der Waals surface area contributed by atoms with Crippen LogP contribution in [-0.2, 0) is 11.3 Å². The zero-order valence-corrected chi connectivity index (χ0v) is 12.4. The zero-order chi connectivity index (χ0) is 15.1. The van der Waals surface area contributed by atoms with Crippen molar-refractivity contribution in [1.29, 1.82) is 5.26 Å². The quantitative estimate of drug-likeness (QED) is 0.853. The van der Waals surface area contributed by atoms with Gasteiger partial charge in [0.15, 0.2) is 0 Å². The topological polar surface area (TPSA) is 56.6 Å². The van der Waals surface area contributed by atoms with E-state index >= 15 is 0 Å². The van der Waals surface area contributed by atoms with Gasteiger partial charge < -0.3 is 14.5 Å². The van der Waals surface area contributed by atoms with Gasteiger partial charge in [-0.25, -0.2) is 4.79 Å². The van der Waals surface area contributed by atoms with E-state index in [-0.39, 0.29) is 6.03 Å². The highest BCUT2D eigenvalue weighted by Gasteiger charge is 2.22. The van der Waals surface area contributed by atoms with Gasteiger partial charge in [-0.1, -0.05) is 19.1 Å². The van der Waals surface area contributed by atoms with E-state index in [4.69, 9.17) is 10.00 Å². The lowest BCUT2D eigenvalue weighted by atomic mass is 10.1. The average Bonchev–Trinajstić information content (AvgIpc) is 2.55. The molecule has 2 rings (SSSR count). The maximum atomic E-state index is 12.6. The second kappa shape index (κ2) is 7.65. The second-order valence-electron chi connectivity index (χ2n) is 5.11. The number of rotatable bonds is 4. The molecule has 5 nitrogen and oxygen atoms in total. The van der Waals surface area contributed by atoms with Crippen molar-refractivity contribution in [2.75, 3.05) is 32.8 Å². The third-order valence-electron chi connectivity index (χ3n) is 3.50. The number of hydrogen-bond donors (Lipinski definition) is 0. The van der Waals surface area contributed by atoms with Crippen LogP contribution in [0, 0.1) is 11.3 Å². The molecule has 1 aromatic carbocycles. The molecule has 21 heavy (non-hydrogen) atoms. The summed E-state index contributed by atoms with van der Waals surface area (Å²) in [6.45, 7) is 5.92. The van der Waals surface area contributed by atoms with Crippen molar-refractivity contribution in [3.63, 3.8) is 0 Å². The van der Waals surface area contributed by atoms with E-state index < -0.39 is 0 Å². The zero-order valence-electron chi connectivity index (χ0n) is 12.4. The van der Waals surface area contributed by atoms with E-state index in [9.17, 15) is 4.79 Å². The molecule has 0 bridgehead atoms. The summed E-state index contributed by atoms with van der Waals surface area (Å²) in [5, 5.41) is 8.82. The van der Waals surface area contributed by atoms with Gasteiger partial charge in [0.05, 0.1) is 24.8 Å². The molecule has 5 heteroatoms. The molecular weight excluding hydrogens is 266 g/mol. The number of ether oxygens (including phenoxy) is 1. The van der Waals surface area contributed by atoms with Crippen molar-refractivity contribution in [1.82, 2.24) is 9.80 Å². The van der Waals surface area contributed by atoms with Crippen molar-refractivity contribution < 1.29 is 9.53 Å². The normalized spacial score (nSPS) is 14.6. The van der Waals surface area contributed by atoms with Crippen LogP contribution in [0.1, 0.15) is 24.5 Å². The summed E-state index contributed by atoms with van der Waals surface area (Å²) in [5.74, 6) is 0. The molecule has 1 heterocycles. The molecule has 1 aliphatic heterocycles. The molecule has 1 aromatic rings. The molecule has 1 saturated heterocycles. The summed E-state index contributed by atoms with van der Waals surface area (Å²) < 4.78 is 5.29. The Hall–Kier alpha value is -2.06. The largest absolute Gasteiger partial charge is 0.378 e. The molecule has 2 amide bonds. The van der Waals surface area contributed by atoms with Crippen LogP contribution in [-0.4, -0.2) is 48.7 Å². The molecule has 0 spiro atoms. The van der Waals surface area contributed by atoms with Crippen molar-refractivity contribution in [2.24, 2.45) is 0 Å². The standard InChI is InChI=1S/C16H21N3O2/c1-2-7-19(16(20)18-8-10-21-11-9-18)13-15-5-3-14(12-17)4-6-15/h3-6H,2,7-11,13H2,1H3. The SMILES string of the molecule is CCCN(Cc1ccc(C#N)cc1)C(=O)N1CCOCC1.